The molecule has 0 aliphatic carbocycles. The molecule has 2 N–H and O–H groups in total. The second-order valence-electron chi connectivity index (χ2n) is 6.37. The molecule has 1 saturated heterocycles. The first-order valence-electron chi connectivity index (χ1n) is 8.98. The summed E-state index contributed by atoms with van der Waals surface area (Å²) in [5.41, 5.74) is 0. The quantitative estimate of drug-likeness (QED) is 0.277. The highest BCUT2D eigenvalue weighted by molar-refractivity contribution is 14.0. The molecule has 2 heterocycles. The van der Waals surface area contributed by atoms with Gasteiger partial charge in [0.05, 0.1) is 6.33 Å². The Bertz CT molecular complexity index is 440. The minimum atomic E-state index is 0. The van der Waals surface area contributed by atoms with E-state index < -0.39 is 0 Å². The number of imidazole rings is 1. The number of nitrogens with zero attached hydrogens (tertiary/aromatic N) is 4. The van der Waals surface area contributed by atoms with Gasteiger partial charge in [-0.05, 0) is 51.7 Å². The van der Waals surface area contributed by atoms with Crippen molar-refractivity contribution in [2.24, 2.45) is 10.9 Å². The van der Waals surface area contributed by atoms with Crippen molar-refractivity contribution in [3.8, 4) is 0 Å². The lowest BCUT2D eigenvalue weighted by molar-refractivity contribution is 0.192. The van der Waals surface area contributed by atoms with Gasteiger partial charge in [0.1, 0.15) is 0 Å². The number of hydrogen-bond acceptors (Lipinski definition) is 3. The van der Waals surface area contributed by atoms with E-state index in [1.807, 2.05) is 12.5 Å². The van der Waals surface area contributed by atoms with Crippen LogP contribution in [0, 0.1) is 5.92 Å². The van der Waals surface area contributed by atoms with Gasteiger partial charge in [-0.2, -0.15) is 0 Å². The molecule has 0 amide bonds. The van der Waals surface area contributed by atoms with Crippen LogP contribution in [0.5, 0.6) is 0 Å². The van der Waals surface area contributed by atoms with Crippen LogP contribution in [0.4, 0.5) is 0 Å². The van der Waals surface area contributed by atoms with E-state index in [1.54, 1.807) is 6.20 Å². The standard InChI is InChI=1S/C17H32N6.HI/c1-3-19-17(21-9-14-23-13-8-18-15-23)20-7-4-10-22-11-5-16(2)6-12-22;/h8,13,15-16H,3-7,9-12,14H2,1-2H3,(H2,19,20,21);1H. The van der Waals surface area contributed by atoms with Crippen LogP contribution in [-0.2, 0) is 6.54 Å². The third kappa shape index (κ3) is 8.32. The van der Waals surface area contributed by atoms with Crippen molar-refractivity contribution in [1.29, 1.82) is 0 Å². The Hall–Kier alpha value is -0.830. The van der Waals surface area contributed by atoms with Crippen molar-refractivity contribution < 1.29 is 0 Å². The predicted molar refractivity (Wildman–Crippen MR) is 111 cm³/mol. The highest BCUT2D eigenvalue weighted by Gasteiger charge is 2.14. The van der Waals surface area contributed by atoms with Crippen molar-refractivity contribution in [1.82, 2.24) is 25.1 Å². The largest absolute Gasteiger partial charge is 0.357 e. The molecule has 24 heavy (non-hydrogen) atoms. The Morgan fingerprint density at radius 2 is 2.04 bits per heavy atom. The first kappa shape index (κ1) is 21.2. The zero-order valence-corrected chi connectivity index (χ0v) is 17.4. The Morgan fingerprint density at radius 3 is 2.71 bits per heavy atom. The SMILES string of the molecule is CCNC(=NCCCN1CCC(C)CC1)NCCn1ccnc1.I. The van der Waals surface area contributed by atoms with Crippen LogP contribution in [0.15, 0.2) is 23.7 Å². The zero-order valence-electron chi connectivity index (χ0n) is 15.1. The molecule has 0 aromatic carbocycles. The van der Waals surface area contributed by atoms with Gasteiger partial charge in [-0.15, -0.1) is 24.0 Å². The summed E-state index contributed by atoms with van der Waals surface area (Å²) in [4.78, 5) is 11.3. The maximum Gasteiger partial charge on any atom is 0.191 e. The van der Waals surface area contributed by atoms with Crippen LogP contribution < -0.4 is 10.6 Å². The number of likely N-dealkylation sites (tertiary alicyclic amines) is 1. The van der Waals surface area contributed by atoms with E-state index in [0.29, 0.717) is 0 Å². The number of hydrogen-bond donors (Lipinski definition) is 2. The molecular formula is C17H33IN6. The summed E-state index contributed by atoms with van der Waals surface area (Å²) < 4.78 is 2.06. The smallest absolute Gasteiger partial charge is 0.191 e. The summed E-state index contributed by atoms with van der Waals surface area (Å²) in [5.74, 6) is 1.82. The first-order chi connectivity index (χ1) is 11.3. The van der Waals surface area contributed by atoms with Crippen LogP contribution in [-0.4, -0.2) is 59.7 Å². The topological polar surface area (TPSA) is 57.5 Å². The second-order valence-corrected chi connectivity index (χ2v) is 6.37. The van der Waals surface area contributed by atoms with Crippen LogP contribution in [0.1, 0.15) is 33.1 Å². The fourth-order valence-corrected chi connectivity index (χ4v) is 2.84. The minimum absolute atomic E-state index is 0. The fraction of sp³-hybridized carbons (Fsp3) is 0.765. The van der Waals surface area contributed by atoms with Gasteiger partial charge in [-0.3, -0.25) is 4.99 Å². The van der Waals surface area contributed by atoms with Crippen molar-refractivity contribution in [3.05, 3.63) is 18.7 Å². The van der Waals surface area contributed by atoms with E-state index >= 15 is 0 Å². The van der Waals surface area contributed by atoms with Gasteiger partial charge in [-0.25, -0.2) is 4.98 Å². The second kappa shape index (κ2) is 12.5. The van der Waals surface area contributed by atoms with Crippen molar-refractivity contribution in [3.63, 3.8) is 0 Å². The fourth-order valence-electron chi connectivity index (χ4n) is 2.84. The summed E-state index contributed by atoms with van der Waals surface area (Å²) in [5, 5.41) is 6.69. The number of aromatic nitrogens is 2. The van der Waals surface area contributed by atoms with E-state index in [1.165, 1.54) is 32.5 Å². The molecule has 1 aliphatic heterocycles. The molecular weight excluding hydrogens is 415 g/mol. The molecule has 0 saturated carbocycles. The zero-order chi connectivity index (χ0) is 16.3. The van der Waals surface area contributed by atoms with Gasteiger partial charge < -0.3 is 20.1 Å². The summed E-state index contributed by atoms with van der Waals surface area (Å²) in [6.07, 6.45) is 9.45. The Balaban J connectivity index is 0.00000288. The van der Waals surface area contributed by atoms with Crippen LogP contribution in [0.25, 0.3) is 0 Å². The molecule has 138 valence electrons. The summed E-state index contributed by atoms with van der Waals surface area (Å²) >= 11 is 0. The predicted octanol–water partition coefficient (Wildman–Crippen LogP) is 2.18. The van der Waals surface area contributed by atoms with Crippen molar-refractivity contribution >= 4 is 29.9 Å². The van der Waals surface area contributed by atoms with E-state index in [0.717, 1.165) is 44.5 Å². The van der Waals surface area contributed by atoms with Gasteiger partial charge in [-0.1, -0.05) is 6.92 Å². The number of halogens is 1. The molecule has 2 rings (SSSR count). The molecule has 0 atom stereocenters. The molecule has 0 bridgehead atoms. The number of piperidine rings is 1. The maximum atomic E-state index is 4.67. The monoisotopic (exact) mass is 448 g/mol. The number of aliphatic imine (C=N–C) groups is 1. The molecule has 1 aliphatic rings. The van der Waals surface area contributed by atoms with Gasteiger partial charge >= 0.3 is 0 Å². The number of guanidine groups is 1. The molecule has 1 fully saturated rings. The summed E-state index contributed by atoms with van der Waals surface area (Å²) in [7, 11) is 0. The number of nitrogens with one attached hydrogen (secondary N) is 2. The molecule has 1 aromatic rings. The third-order valence-electron chi connectivity index (χ3n) is 4.34. The Kier molecular flexibility index (Phi) is 11.1. The van der Waals surface area contributed by atoms with Gasteiger partial charge in [0.2, 0.25) is 0 Å². The summed E-state index contributed by atoms with van der Waals surface area (Å²) in [6, 6.07) is 0. The summed E-state index contributed by atoms with van der Waals surface area (Å²) in [6.45, 7) is 11.7. The first-order valence-corrected chi connectivity index (χ1v) is 8.98. The van der Waals surface area contributed by atoms with Crippen LogP contribution in [0.2, 0.25) is 0 Å². The maximum absolute atomic E-state index is 4.67. The Labute approximate surface area is 163 Å². The number of rotatable bonds is 8. The lowest BCUT2D eigenvalue weighted by Crippen LogP contribution is -2.39. The normalized spacial score (nSPS) is 16.7. The lowest BCUT2D eigenvalue weighted by Gasteiger charge is -2.29. The van der Waals surface area contributed by atoms with Gasteiger partial charge in [0.15, 0.2) is 5.96 Å². The molecule has 0 spiro atoms. The lowest BCUT2D eigenvalue weighted by atomic mass is 9.99. The molecule has 0 radical (unpaired) electrons. The molecule has 1 aromatic heterocycles. The van der Waals surface area contributed by atoms with Crippen LogP contribution in [0.3, 0.4) is 0 Å². The Morgan fingerprint density at radius 1 is 1.25 bits per heavy atom. The molecule has 7 heteroatoms. The van der Waals surface area contributed by atoms with Crippen molar-refractivity contribution in [2.75, 3.05) is 39.3 Å². The van der Waals surface area contributed by atoms with E-state index in [-0.39, 0.29) is 24.0 Å². The third-order valence-corrected chi connectivity index (χ3v) is 4.34. The molecule has 6 nitrogen and oxygen atoms in total. The minimum Gasteiger partial charge on any atom is -0.357 e. The highest BCUT2D eigenvalue weighted by atomic mass is 127. The van der Waals surface area contributed by atoms with Gasteiger partial charge in [0.25, 0.3) is 0 Å². The average Bonchev–Trinajstić information content (AvgIpc) is 3.06. The average molecular weight is 448 g/mol. The van der Waals surface area contributed by atoms with E-state index in [2.05, 4.69) is 43.9 Å². The van der Waals surface area contributed by atoms with E-state index in [4.69, 9.17) is 0 Å². The van der Waals surface area contributed by atoms with Crippen molar-refractivity contribution in [2.45, 2.75) is 39.7 Å². The molecule has 0 unspecified atom stereocenters. The highest BCUT2D eigenvalue weighted by Crippen LogP contribution is 2.15. The van der Waals surface area contributed by atoms with Crippen LogP contribution >= 0.6 is 24.0 Å². The van der Waals surface area contributed by atoms with Gasteiger partial charge in [0, 0.05) is 38.6 Å². The van der Waals surface area contributed by atoms with E-state index in [9.17, 15) is 0 Å².